The fourth-order valence-corrected chi connectivity index (χ4v) is 4.66. The molecule has 0 unspecified atom stereocenters. The lowest BCUT2D eigenvalue weighted by Crippen LogP contribution is -2.30. The smallest absolute Gasteiger partial charge is 0.256 e. The maximum absolute atomic E-state index is 12.7. The number of nitrogens with two attached hydrogens (primary N) is 1. The third-order valence-electron chi connectivity index (χ3n) is 5.07. The summed E-state index contributed by atoms with van der Waals surface area (Å²) in [6, 6.07) is 7.60. The quantitative estimate of drug-likeness (QED) is 0.776. The number of hydrogen-bond acceptors (Lipinski definition) is 4. The summed E-state index contributed by atoms with van der Waals surface area (Å²) < 4.78 is 0. The number of carbonyl (C=O) groups excluding carboxylic acids is 2. The standard InChI is InChI=1S/C21H27N3O2S.ClH/c1-5-24-11-10-15-16(12-24)27-20(17(15)18(22)25)23-19(26)13-6-8-14(9-7-13)21(2,3)4;/h6-9H,5,10-12H2,1-4H3,(H2,22,25)(H,23,26);1H. The highest BCUT2D eigenvalue weighted by molar-refractivity contribution is 7.17. The Hall–Kier alpha value is -1.89. The summed E-state index contributed by atoms with van der Waals surface area (Å²) in [5.74, 6) is -0.695. The van der Waals surface area contributed by atoms with E-state index in [1.54, 1.807) is 0 Å². The Labute approximate surface area is 176 Å². The van der Waals surface area contributed by atoms with E-state index >= 15 is 0 Å². The van der Waals surface area contributed by atoms with Gasteiger partial charge in [0.15, 0.2) is 0 Å². The molecule has 2 heterocycles. The number of rotatable bonds is 4. The number of nitrogens with zero attached hydrogens (tertiary/aromatic N) is 1. The van der Waals surface area contributed by atoms with Crippen molar-refractivity contribution >= 4 is 40.6 Å². The van der Waals surface area contributed by atoms with Crippen LogP contribution >= 0.6 is 23.7 Å². The van der Waals surface area contributed by atoms with Crippen molar-refractivity contribution in [3.8, 4) is 0 Å². The van der Waals surface area contributed by atoms with Crippen molar-refractivity contribution in [3.63, 3.8) is 0 Å². The van der Waals surface area contributed by atoms with Crippen LogP contribution in [0.2, 0.25) is 0 Å². The molecule has 2 aromatic rings. The molecule has 3 N–H and O–H groups in total. The molecule has 0 radical (unpaired) electrons. The Kier molecular flexibility index (Phi) is 6.91. The SMILES string of the molecule is CCN1CCc2c(sc(NC(=O)c3ccc(C(C)(C)C)cc3)c2C(N)=O)C1.Cl. The Morgan fingerprint density at radius 3 is 2.39 bits per heavy atom. The van der Waals surface area contributed by atoms with Gasteiger partial charge in [0.05, 0.1) is 5.56 Å². The lowest BCUT2D eigenvalue weighted by molar-refractivity contribution is 0.1000. The van der Waals surface area contributed by atoms with E-state index in [1.165, 1.54) is 16.9 Å². The average molecular weight is 422 g/mol. The molecule has 7 heteroatoms. The van der Waals surface area contributed by atoms with E-state index in [0.717, 1.165) is 36.5 Å². The van der Waals surface area contributed by atoms with Crippen LogP contribution in [-0.4, -0.2) is 29.8 Å². The highest BCUT2D eigenvalue weighted by atomic mass is 35.5. The largest absolute Gasteiger partial charge is 0.365 e. The van der Waals surface area contributed by atoms with E-state index in [4.69, 9.17) is 5.73 Å². The minimum Gasteiger partial charge on any atom is -0.365 e. The van der Waals surface area contributed by atoms with Crippen LogP contribution in [0.25, 0.3) is 0 Å². The summed E-state index contributed by atoms with van der Waals surface area (Å²) in [4.78, 5) is 28.2. The van der Waals surface area contributed by atoms with Crippen LogP contribution in [0.4, 0.5) is 5.00 Å². The molecule has 1 aliphatic rings. The molecule has 0 bridgehead atoms. The number of benzene rings is 1. The first-order valence-electron chi connectivity index (χ1n) is 9.29. The van der Waals surface area contributed by atoms with Gasteiger partial charge < -0.3 is 11.1 Å². The number of primary amides is 1. The molecule has 0 spiro atoms. The van der Waals surface area contributed by atoms with Crippen molar-refractivity contribution in [3.05, 3.63) is 51.4 Å². The van der Waals surface area contributed by atoms with Gasteiger partial charge in [-0.1, -0.05) is 39.8 Å². The first-order valence-corrected chi connectivity index (χ1v) is 10.1. The Morgan fingerprint density at radius 1 is 1.21 bits per heavy atom. The van der Waals surface area contributed by atoms with Gasteiger partial charge in [-0.3, -0.25) is 14.5 Å². The van der Waals surface area contributed by atoms with Gasteiger partial charge >= 0.3 is 0 Å². The maximum Gasteiger partial charge on any atom is 0.256 e. The van der Waals surface area contributed by atoms with Gasteiger partial charge in [-0.25, -0.2) is 0 Å². The Bertz CT molecular complexity index is 869. The van der Waals surface area contributed by atoms with Gasteiger partial charge in [0.25, 0.3) is 11.8 Å². The molecule has 0 saturated carbocycles. The second kappa shape index (κ2) is 8.64. The van der Waals surface area contributed by atoms with Crippen LogP contribution in [0.3, 0.4) is 0 Å². The van der Waals surface area contributed by atoms with E-state index < -0.39 is 5.91 Å². The molecular formula is C21H28ClN3O2S. The first kappa shape index (κ1) is 22.4. The molecule has 0 atom stereocenters. The second-order valence-electron chi connectivity index (χ2n) is 7.97. The monoisotopic (exact) mass is 421 g/mol. The van der Waals surface area contributed by atoms with Gasteiger partial charge in [0, 0.05) is 23.5 Å². The second-order valence-corrected chi connectivity index (χ2v) is 9.08. The number of carbonyl (C=O) groups is 2. The fraction of sp³-hybridized carbons (Fsp3) is 0.429. The third kappa shape index (κ3) is 4.57. The van der Waals surface area contributed by atoms with Crippen molar-refractivity contribution in [2.45, 2.75) is 46.1 Å². The summed E-state index contributed by atoms with van der Waals surface area (Å²) in [7, 11) is 0. The van der Waals surface area contributed by atoms with Crippen LogP contribution < -0.4 is 11.1 Å². The van der Waals surface area contributed by atoms with Gasteiger partial charge in [0.1, 0.15) is 5.00 Å². The third-order valence-corrected chi connectivity index (χ3v) is 6.20. The molecule has 2 amide bonds. The van der Waals surface area contributed by atoms with Gasteiger partial charge in [-0.15, -0.1) is 23.7 Å². The summed E-state index contributed by atoms with van der Waals surface area (Å²) in [5, 5.41) is 3.48. The van der Waals surface area contributed by atoms with Crippen molar-refractivity contribution in [1.82, 2.24) is 4.90 Å². The lowest BCUT2D eigenvalue weighted by atomic mass is 9.87. The molecule has 152 valence electrons. The molecule has 0 saturated heterocycles. The van der Waals surface area contributed by atoms with Crippen molar-refractivity contribution in [1.29, 1.82) is 0 Å². The van der Waals surface area contributed by atoms with Crippen LogP contribution in [0.1, 0.15) is 64.4 Å². The van der Waals surface area contributed by atoms with Crippen LogP contribution in [0.15, 0.2) is 24.3 Å². The average Bonchev–Trinajstić information content (AvgIpc) is 2.97. The minimum absolute atomic E-state index is 0. The highest BCUT2D eigenvalue weighted by Crippen LogP contribution is 2.37. The van der Waals surface area contributed by atoms with Crippen molar-refractivity contribution in [2.24, 2.45) is 5.73 Å². The molecule has 0 fully saturated rings. The van der Waals surface area contributed by atoms with Gasteiger partial charge in [-0.05, 0) is 41.6 Å². The number of amides is 2. The van der Waals surface area contributed by atoms with Gasteiger partial charge in [-0.2, -0.15) is 0 Å². The molecule has 5 nitrogen and oxygen atoms in total. The number of anilines is 1. The summed E-state index contributed by atoms with van der Waals surface area (Å²) in [6.07, 6.45) is 0.786. The molecule has 1 aromatic carbocycles. The number of fused-ring (bicyclic) bond motifs is 1. The maximum atomic E-state index is 12.7. The molecule has 28 heavy (non-hydrogen) atoms. The molecule has 1 aromatic heterocycles. The lowest BCUT2D eigenvalue weighted by Gasteiger charge is -2.25. The van der Waals surface area contributed by atoms with E-state index in [0.29, 0.717) is 16.1 Å². The van der Waals surface area contributed by atoms with Crippen molar-refractivity contribution in [2.75, 3.05) is 18.4 Å². The predicted octanol–water partition coefficient (Wildman–Crippen LogP) is 4.20. The number of likely N-dealkylation sites (N-methyl/N-ethyl adjacent to an activating group) is 1. The summed E-state index contributed by atoms with van der Waals surface area (Å²) in [5.41, 5.74) is 8.88. The molecule has 1 aliphatic heterocycles. The molecule has 0 aliphatic carbocycles. The number of thiophene rings is 1. The van der Waals surface area contributed by atoms with E-state index in [2.05, 4.69) is 37.9 Å². The van der Waals surface area contributed by atoms with E-state index in [9.17, 15) is 9.59 Å². The van der Waals surface area contributed by atoms with Crippen LogP contribution in [-0.2, 0) is 18.4 Å². The first-order chi connectivity index (χ1) is 12.7. The fourth-order valence-electron chi connectivity index (χ4n) is 3.37. The normalized spacial score (nSPS) is 14.1. The number of nitrogens with one attached hydrogen (secondary N) is 1. The number of halogens is 1. The number of hydrogen-bond donors (Lipinski definition) is 2. The Morgan fingerprint density at radius 2 is 1.86 bits per heavy atom. The highest BCUT2D eigenvalue weighted by Gasteiger charge is 2.27. The molecular weight excluding hydrogens is 394 g/mol. The van der Waals surface area contributed by atoms with Gasteiger partial charge in [0.2, 0.25) is 0 Å². The zero-order chi connectivity index (χ0) is 19.8. The van der Waals surface area contributed by atoms with Crippen LogP contribution in [0.5, 0.6) is 0 Å². The van der Waals surface area contributed by atoms with Crippen LogP contribution in [0, 0.1) is 0 Å². The topological polar surface area (TPSA) is 75.4 Å². The predicted molar refractivity (Wildman–Crippen MR) is 118 cm³/mol. The zero-order valence-electron chi connectivity index (χ0n) is 16.8. The minimum atomic E-state index is -0.476. The van der Waals surface area contributed by atoms with E-state index in [-0.39, 0.29) is 23.7 Å². The van der Waals surface area contributed by atoms with E-state index in [1.807, 2.05) is 24.3 Å². The zero-order valence-corrected chi connectivity index (χ0v) is 18.4. The van der Waals surface area contributed by atoms with Crippen molar-refractivity contribution < 1.29 is 9.59 Å². The Balaban J connectivity index is 0.00000280. The molecule has 3 rings (SSSR count). The summed E-state index contributed by atoms with van der Waals surface area (Å²) >= 11 is 1.47. The summed E-state index contributed by atoms with van der Waals surface area (Å²) in [6.45, 7) is 11.2.